The number of nitrogens with two attached hydrogens (primary N) is 2. The second kappa shape index (κ2) is 7.54. The first kappa shape index (κ1) is 18.3. The summed E-state index contributed by atoms with van der Waals surface area (Å²) < 4.78 is 0. The Kier molecular flexibility index (Phi) is 4.94. The molecule has 2 aliphatic rings. The SMILES string of the molecule is NC(=O)c1ccccc1N1CCC[C@@H]1[C@H]1CCCN1c1ccccc1C(N)=O. The predicted octanol–water partition coefficient (Wildman–Crippen LogP) is 2.52. The Hall–Kier alpha value is -3.02. The molecule has 2 heterocycles. The minimum absolute atomic E-state index is 0.268. The summed E-state index contributed by atoms with van der Waals surface area (Å²) in [5, 5.41) is 0. The second-order valence-electron chi connectivity index (χ2n) is 7.57. The number of primary amides is 2. The highest BCUT2D eigenvalue weighted by Gasteiger charge is 2.39. The van der Waals surface area contributed by atoms with Crippen molar-refractivity contribution in [3.63, 3.8) is 0 Å². The molecule has 0 unspecified atom stereocenters. The third-order valence-electron chi connectivity index (χ3n) is 6.00. The summed E-state index contributed by atoms with van der Waals surface area (Å²) in [5.41, 5.74) is 14.2. The lowest BCUT2D eigenvalue weighted by atomic mass is 10.0. The fourth-order valence-corrected chi connectivity index (χ4v) is 4.85. The van der Waals surface area contributed by atoms with Gasteiger partial charge in [0.05, 0.1) is 11.1 Å². The van der Waals surface area contributed by atoms with Crippen LogP contribution in [0.3, 0.4) is 0 Å². The number of carbonyl (C=O) groups is 2. The third kappa shape index (κ3) is 3.19. The van der Waals surface area contributed by atoms with Gasteiger partial charge in [-0.2, -0.15) is 0 Å². The predicted molar refractivity (Wildman–Crippen MR) is 111 cm³/mol. The summed E-state index contributed by atoms with van der Waals surface area (Å²) >= 11 is 0. The van der Waals surface area contributed by atoms with Gasteiger partial charge >= 0.3 is 0 Å². The van der Waals surface area contributed by atoms with Crippen molar-refractivity contribution in [3.8, 4) is 0 Å². The first-order valence-corrected chi connectivity index (χ1v) is 9.89. The molecule has 2 fully saturated rings. The number of anilines is 2. The van der Waals surface area contributed by atoms with Crippen LogP contribution in [0.15, 0.2) is 48.5 Å². The van der Waals surface area contributed by atoms with Gasteiger partial charge in [-0.3, -0.25) is 9.59 Å². The number of para-hydroxylation sites is 2. The lowest BCUT2D eigenvalue weighted by Gasteiger charge is -2.38. The Morgan fingerprint density at radius 2 is 1.11 bits per heavy atom. The highest BCUT2D eigenvalue weighted by Crippen LogP contribution is 2.37. The summed E-state index contributed by atoms with van der Waals surface area (Å²) in [6, 6.07) is 15.7. The van der Waals surface area contributed by atoms with E-state index in [4.69, 9.17) is 11.5 Å². The van der Waals surface area contributed by atoms with E-state index in [0.29, 0.717) is 11.1 Å². The standard InChI is InChI=1S/C22H26N4O2/c23-21(27)15-7-1-3-9-17(15)25-13-5-11-19(25)20-12-6-14-26(20)18-10-4-2-8-16(18)22(24)28/h1-4,7-10,19-20H,5-6,11-14H2,(H2,23,27)(H2,24,28)/t19-,20-/m1/s1. The van der Waals surface area contributed by atoms with E-state index in [-0.39, 0.29) is 12.1 Å². The van der Waals surface area contributed by atoms with Crippen LogP contribution in [0.2, 0.25) is 0 Å². The summed E-state index contributed by atoms with van der Waals surface area (Å²) in [4.78, 5) is 28.5. The second-order valence-corrected chi connectivity index (χ2v) is 7.57. The number of amides is 2. The molecular formula is C22H26N4O2. The van der Waals surface area contributed by atoms with E-state index in [0.717, 1.165) is 50.1 Å². The van der Waals surface area contributed by atoms with Gasteiger partial charge in [-0.05, 0) is 49.9 Å². The van der Waals surface area contributed by atoms with Crippen molar-refractivity contribution in [1.29, 1.82) is 0 Å². The fourth-order valence-electron chi connectivity index (χ4n) is 4.85. The van der Waals surface area contributed by atoms with E-state index in [1.54, 1.807) is 12.1 Å². The molecule has 6 heteroatoms. The van der Waals surface area contributed by atoms with Crippen LogP contribution in [-0.2, 0) is 0 Å². The van der Waals surface area contributed by atoms with Gasteiger partial charge in [-0.15, -0.1) is 0 Å². The first-order chi connectivity index (χ1) is 13.6. The van der Waals surface area contributed by atoms with Crippen LogP contribution in [0, 0.1) is 0 Å². The van der Waals surface area contributed by atoms with Gasteiger partial charge in [0.15, 0.2) is 0 Å². The molecule has 2 aromatic carbocycles. The van der Waals surface area contributed by atoms with Crippen LogP contribution in [0.25, 0.3) is 0 Å². The maximum Gasteiger partial charge on any atom is 0.250 e. The molecule has 0 bridgehead atoms. The molecule has 2 saturated heterocycles. The van der Waals surface area contributed by atoms with Crippen LogP contribution in [0.1, 0.15) is 46.4 Å². The minimum Gasteiger partial charge on any atom is -0.366 e. The summed E-state index contributed by atoms with van der Waals surface area (Å²) in [6.07, 6.45) is 4.24. The number of hydrogen-bond donors (Lipinski definition) is 2. The van der Waals surface area contributed by atoms with Crippen LogP contribution in [0.5, 0.6) is 0 Å². The van der Waals surface area contributed by atoms with E-state index in [9.17, 15) is 9.59 Å². The molecule has 4 N–H and O–H groups in total. The van der Waals surface area contributed by atoms with E-state index >= 15 is 0 Å². The summed E-state index contributed by atoms with van der Waals surface area (Å²) in [7, 11) is 0. The molecule has 146 valence electrons. The topological polar surface area (TPSA) is 92.7 Å². The highest BCUT2D eigenvalue weighted by atomic mass is 16.1. The molecule has 0 saturated carbocycles. The van der Waals surface area contributed by atoms with Crippen molar-refractivity contribution in [2.75, 3.05) is 22.9 Å². The minimum atomic E-state index is -0.399. The van der Waals surface area contributed by atoms with Gasteiger partial charge in [0, 0.05) is 36.5 Å². The van der Waals surface area contributed by atoms with Crippen LogP contribution >= 0.6 is 0 Å². The molecule has 2 atom stereocenters. The van der Waals surface area contributed by atoms with Crippen LogP contribution in [0.4, 0.5) is 11.4 Å². The van der Waals surface area contributed by atoms with E-state index in [1.165, 1.54) is 0 Å². The highest BCUT2D eigenvalue weighted by molar-refractivity contribution is 5.99. The monoisotopic (exact) mass is 378 g/mol. The lowest BCUT2D eigenvalue weighted by Crippen LogP contribution is -2.47. The van der Waals surface area contributed by atoms with Crippen molar-refractivity contribution in [2.24, 2.45) is 11.5 Å². The third-order valence-corrected chi connectivity index (χ3v) is 6.00. The normalized spacial score (nSPS) is 21.9. The number of nitrogens with zero attached hydrogens (tertiary/aromatic N) is 2. The Bertz CT molecular complexity index is 824. The Balaban J connectivity index is 1.68. The molecule has 0 aliphatic carbocycles. The zero-order chi connectivity index (χ0) is 19.7. The van der Waals surface area contributed by atoms with Gasteiger partial charge in [0.25, 0.3) is 11.8 Å². The van der Waals surface area contributed by atoms with E-state index in [2.05, 4.69) is 9.80 Å². The van der Waals surface area contributed by atoms with E-state index < -0.39 is 11.8 Å². The summed E-state index contributed by atoms with van der Waals surface area (Å²) in [5.74, 6) is -0.799. The average Bonchev–Trinajstić information content (AvgIpc) is 3.36. The molecule has 2 amide bonds. The van der Waals surface area contributed by atoms with Crippen LogP contribution in [-0.4, -0.2) is 37.0 Å². The fraction of sp³-hybridized carbons (Fsp3) is 0.364. The molecule has 2 aliphatic heterocycles. The molecule has 0 spiro atoms. The number of benzene rings is 2. The van der Waals surface area contributed by atoms with Crippen LogP contribution < -0.4 is 21.3 Å². The molecule has 28 heavy (non-hydrogen) atoms. The molecule has 0 aromatic heterocycles. The van der Waals surface area contributed by atoms with Gasteiger partial charge in [0.1, 0.15) is 0 Å². The largest absolute Gasteiger partial charge is 0.366 e. The van der Waals surface area contributed by atoms with Gasteiger partial charge < -0.3 is 21.3 Å². The van der Waals surface area contributed by atoms with E-state index in [1.807, 2.05) is 36.4 Å². The smallest absolute Gasteiger partial charge is 0.250 e. The van der Waals surface area contributed by atoms with Gasteiger partial charge in [0.2, 0.25) is 0 Å². The molecule has 2 aromatic rings. The van der Waals surface area contributed by atoms with Crippen molar-refractivity contribution in [2.45, 2.75) is 37.8 Å². The maximum atomic E-state index is 11.9. The summed E-state index contributed by atoms with van der Waals surface area (Å²) in [6.45, 7) is 1.80. The van der Waals surface area contributed by atoms with Crippen molar-refractivity contribution < 1.29 is 9.59 Å². The van der Waals surface area contributed by atoms with Gasteiger partial charge in [-0.25, -0.2) is 0 Å². The molecule has 4 rings (SSSR count). The number of carbonyl (C=O) groups excluding carboxylic acids is 2. The van der Waals surface area contributed by atoms with Gasteiger partial charge in [-0.1, -0.05) is 24.3 Å². The van der Waals surface area contributed by atoms with Crippen molar-refractivity contribution >= 4 is 23.2 Å². The first-order valence-electron chi connectivity index (χ1n) is 9.89. The quantitative estimate of drug-likeness (QED) is 0.836. The molecule has 6 nitrogen and oxygen atoms in total. The molecular weight excluding hydrogens is 352 g/mol. The Morgan fingerprint density at radius 3 is 1.50 bits per heavy atom. The molecule has 0 radical (unpaired) electrons. The maximum absolute atomic E-state index is 11.9. The zero-order valence-electron chi connectivity index (χ0n) is 15.9. The number of rotatable bonds is 5. The average molecular weight is 378 g/mol. The number of hydrogen-bond acceptors (Lipinski definition) is 4. The zero-order valence-corrected chi connectivity index (χ0v) is 15.9. The van der Waals surface area contributed by atoms with Crippen molar-refractivity contribution in [3.05, 3.63) is 59.7 Å². The Morgan fingerprint density at radius 1 is 0.714 bits per heavy atom. The lowest BCUT2D eigenvalue weighted by molar-refractivity contribution is 0.0992. The van der Waals surface area contributed by atoms with Crippen molar-refractivity contribution in [1.82, 2.24) is 0 Å². The Labute approximate surface area is 165 Å².